The largest absolute Gasteiger partial charge is 0.334 e. The van der Waals surface area contributed by atoms with Gasteiger partial charge in [0.15, 0.2) is 9.84 Å². The normalized spacial score (nSPS) is 28.0. The number of halogens is 2. The highest BCUT2D eigenvalue weighted by atomic mass is 35.5. The molecule has 162 valence electrons. The minimum atomic E-state index is -3.17. The number of urea groups is 1. The lowest BCUT2D eigenvalue weighted by Gasteiger charge is -2.30. The molecule has 2 aliphatic heterocycles. The van der Waals surface area contributed by atoms with Crippen LogP contribution in [0.3, 0.4) is 0 Å². The van der Waals surface area contributed by atoms with Crippen LogP contribution in [0.25, 0.3) is 0 Å². The maximum atomic E-state index is 13.1. The van der Waals surface area contributed by atoms with Crippen molar-refractivity contribution >= 4 is 50.9 Å². The Morgan fingerprint density at radius 1 is 1.23 bits per heavy atom. The third-order valence-corrected chi connectivity index (χ3v) is 8.17. The fourth-order valence-electron chi connectivity index (χ4n) is 4.19. The summed E-state index contributed by atoms with van der Waals surface area (Å²) in [5.41, 5.74) is -1.05. The maximum absolute atomic E-state index is 13.1. The van der Waals surface area contributed by atoms with Crippen LogP contribution in [0.15, 0.2) is 18.2 Å². The zero-order chi connectivity index (χ0) is 21.8. The summed E-state index contributed by atoms with van der Waals surface area (Å²) in [6.07, 6.45) is 1.96. The van der Waals surface area contributed by atoms with Gasteiger partial charge in [0.05, 0.1) is 11.5 Å². The Morgan fingerprint density at radius 2 is 1.93 bits per heavy atom. The molecule has 0 radical (unpaired) electrons. The van der Waals surface area contributed by atoms with Gasteiger partial charge in [-0.15, -0.1) is 0 Å². The Labute approximate surface area is 184 Å². The van der Waals surface area contributed by atoms with Crippen LogP contribution in [0.5, 0.6) is 0 Å². The van der Waals surface area contributed by atoms with Crippen molar-refractivity contribution in [2.24, 2.45) is 0 Å². The van der Waals surface area contributed by atoms with E-state index in [9.17, 15) is 22.8 Å². The van der Waals surface area contributed by atoms with Gasteiger partial charge >= 0.3 is 6.03 Å². The van der Waals surface area contributed by atoms with Crippen molar-refractivity contribution in [2.75, 3.05) is 18.1 Å². The number of carbonyl (C=O) groups is 3. The van der Waals surface area contributed by atoms with E-state index in [0.29, 0.717) is 17.0 Å². The second-order valence-corrected chi connectivity index (χ2v) is 11.2. The summed E-state index contributed by atoms with van der Waals surface area (Å²) in [5.74, 6) is -1.05. The number of carbonyl (C=O) groups excluding carboxylic acids is 3. The minimum absolute atomic E-state index is 0.0336. The first-order chi connectivity index (χ1) is 14.0. The number of hydrogen-bond donors (Lipinski definition) is 1. The number of nitrogens with zero attached hydrogens (tertiary/aromatic N) is 2. The van der Waals surface area contributed by atoms with Crippen molar-refractivity contribution < 1.29 is 22.8 Å². The second-order valence-electron chi connectivity index (χ2n) is 8.16. The number of rotatable bonds is 5. The molecule has 1 saturated carbocycles. The van der Waals surface area contributed by atoms with Crippen LogP contribution in [-0.2, 0) is 25.0 Å². The molecule has 8 nitrogen and oxygen atoms in total. The van der Waals surface area contributed by atoms with Crippen LogP contribution in [0, 0.1) is 0 Å². The molecule has 0 bridgehead atoms. The molecule has 2 atom stereocenters. The smallest absolute Gasteiger partial charge is 0.325 e. The monoisotopic (exact) mass is 473 g/mol. The van der Waals surface area contributed by atoms with Crippen molar-refractivity contribution in [1.29, 1.82) is 0 Å². The van der Waals surface area contributed by atoms with Crippen molar-refractivity contribution in [3.63, 3.8) is 0 Å². The molecule has 2 saturated heterocycles. The molecule has 2 unspecified atom stereocenters. The topological polar surface area (TPSA) is 104 Å². The van der Waals surface area contributed by atoms with Crippen LogP contribution in [-0.4, -0.2) is 66.2 Å². The molecule has 0 spiro atoms. The summed E-state index contributed by atoms with van der Waals surface area (Å²) in [5, 5.41) is 3.24. The summed E-state index contributed by atoms with van der Waals surface area (Å²) < 4.78 is 23.7. The molecule has 30 heavy (non-hydrogen) atoms. The zero-order valence-corrected chi connectivity index (χ0v) is 18.6. The SMILES string of the molecule is CC1(c2ccc(Cl)cc2Cl)NC(=O)N(CC(=O)N(C2CC2)C2CCS(=O)(=O)C2)C1=O. The Morgan fingerprint density at radius 3 is 2.50 bits per heavy atom. The number of amides is 4. The highest BCUT2D eigenvalue weighted by molar-refractivity contribution is 7.91. The lowest BCUT2D eigenvalue weighted by Crippen LogP contribution is -2.49. The average molecular weight is 474 g/mol. The first-order valence-corrected chi connectivity index (χ1v) is 12.2. The highest BCUT2D eigenvalue weighted by Crippen LogP contribution is 2.36. The van der Waals surface area contributed by atoms with Crippen molar-refractivity contribution in [3.05, 3.63) is 33.8 Å². The second kappa shape index (κ2) is 7.39. The van der Waals surface area contributed by atoms with Crippen LogP contribution in [0.2, 0.25) is 10.0 Å². The quantitative estimate of drug-likeness (QED) is 0.657. The van der Waals surface area contributed by atoms with E-state index in [1.807, 2.05) is 0 Å². The molecule has 3 fully saturated rings. The molecule has 2 heterocycles. The molecule has 3 aliphatic rings. The summed E-state index contributed by atoms with van der Waals surface area (Å²) in [6, 6.07) is 3.47. The molecule has 1 N–H and O–H groups in total. The van der Waals surface area contributed by atoms with Crippen LogP contribution < -0.4 is 5.32 Å². The zero-order valence-electron chi connectivity index (χ0n) is 16.2. The molecule has 0 aromatic heterocycles. The predicted molar refractivity (Wildman–Crippen MR) is 111 cm³/mol. The van der Waals surface area contributed by atoms with Gasteiger partial charge < -0.3 is 10.2 Å². The van der Waals surface area contributed by atoms with Crippen molar-refractivity contribution in [1.82, 2.24) is 15.1 Å². The standard InChI is InChI=1S/C19H21Cl2N3O5S/c1-19(14-5-2-11(20)8-15(14)21)17(26)23(18(27)22-19)9-16(25)24(12-3-4-12)13-6-7-30(28,29)10-13/h2,5,8,12-13H,3-4,6-7,9-10H2,1H3,(H,22,27). The minimum Gasteiger partial charge on any atom is -0.334 e. The molecule has 4 rings (SSSR count). The van der Waals surface area contributed by atoms with E-state index >= 15 is 0 Å². The summed E-state index contributed by atoms with van der Waals surface area (Å²) in [7, 11) is -3.17. The lowest BCUT2D eigenvalue weighted by atomic mass is 9.92. The van der Waals surface area contributed by atoms with E-state index in [1.165, 1.54) is 13.0 Å². The Hall–Kier alpha value is -1.84. The number of imide groups is 1. The molecular formula is C19H21Cl2N3O5S. The molecular weight excluding hydrogens is 453 g/mol. The fraction of sp³-hybridized carbons (Fsp3) is 0.526. The van der Waals surface area contributed by atoms with E-state index < -0.39 is 45.8 Å². The number of hydrogen-bond acceptors (Lipinski definition) is 5. The van der Waals surface area contributed by atoms with Gasteiger partial charge in [0.1, 0.15) is 12.1 Å². The van der Waals surface area contributed by atoms with Gasteiger partial charge in [-0.05, 0) is 38.3 Å². The number of benzene rings is 1. The van der Waals surface area contributed by atoms with E-state index in [-0.39, 0.29) is 22.6 Å². The van der Waals surface area contributed by atoms with E-state index in [1.54, 1.807) is 17.0 Å². The van der Waals surface area contributed by atoms with Crippen LogP contribution in [0.1, 0.15) is 31.7 Å². The summed E-state index contributed by atoms with van der Waals surface area (Å²) in [6.45, 7) is 1.08. The first kappa shape index (κ1) is 21.4. The first-order valence-electron chi connectivity index (χ1n) is 9.63. The van der Waals surface area contributed by atoms with Gasteiger partial charge in [0, 0.05) is 27.7 Å². The van der Waals surface area contributed by atoms with Gasteiger partial charge in [-0.1, -0.05) is 29.3 Å². The molecule has 11 heteroatoms. The lowest BCUT2D eigenvalue weighted by molar-refractivity contribution is -0.140. The van der Waals surface area contributed by atoms with Gasteiger partial charge in [0.25, 0.3) is 5.91 Å². The Kier molecular flexibility index (Phi) is 5.27. The number of nitrogens with one attached hydrogen (secondary N) is 1. The van der Waals surface area contributed by atoms with Crippen molar-refractivity contribution in [3.8, 4) is 0 Å². The Bertz CT molecular complexity index is 1040. The molecule has 1 aromatic rings. The maximum Gasteiger partial charge on any atom is 0.325 e. The molecule has 4 amide bonds. The Balaban J connectivity index is 1.55. The molecule has 1 aliphatic carbocycles. The predicted octanol–water partition coefficient (Wildman–Crippen LogP) is 1.94. The third kappa shape index (κ3) is 3.78. The average Bonchev–Trinajstić information content (AvgIpc) is 3.37. The number of sulfone groups is 1. The van der Waals surface area contributed by atoms with Gasteiger partial charge in [-0.3, -0.25) is 14.5 Å². The van der Waals surface area contributed by atoms with E-state index in [4.69, 9.17) is 23.2 Å². The van der Waals surface area contributed by atoms with Crippen LogP contribution in [0.4, 0.5) is 4.79 Å². The van der Waals surface area contributed by atoms with E-state index in [0.717, 1.165) is 17.7 Å². The fourth-order valence-corrected chi connectivity index (χ4v) is 6.50. The van der Waals surface area contributed by atoms with Gasteiger partial charge in [0.2, 0.25) is 5.91 Å². The van der Waals surface area contributed by atoms with Gasteiger partial charge in [-0.2, -0.15) is 0 Å². The summed E-state index contributed by atoms with van der Waals surface area (Å²) >= 11 is 12.2. The van der Waals surface area contributed by atoms with E-state index in [2.05, 4.69) is 5.32 Å². The van der Waals surface area contributed by atoms with Crippen molar-refractivity contribution in [2.45, 2.75) is 43.8 Å². The third-order valence-electron chi connectivity index (χ3n) is 5.87. The summed E-state index contributed by atoms with van der Waals surface area (Å²) in [4.78, 5) is 41.2. The molecule has 1 aromatic carbocycles. The van der Waals surface area contributed by atoms with Gasteiger partial charge in [-0.25, -0.2) is 13.2 Å². The van der Waals surface area contributed by atoms with Crippen LogP contribution >= 0.6 is 23.2 Å². The highest BCUT2D eigenvalue weighted by Gasteiger charge is 2.51.